The maximum Gasteiger partial charge on any atom is 0.262 e. The van der Waals surface area contributed by atoms with Crippen LogP contribution in [0.3, 0.4) is 0 Å². The number of imidazole rings is 1. The number of rotatable bonds is 6. The predicted octanol–water partition coefficient (Wildman–Crippen LogP) is 4.68. The summed E-state index contributed by atoms with van der Waals surface area (Å²) in [7, 11) is 3.71. The minimum Gasteiger partial charge on any atom is -0.348 e. The third-order valence-electron chi connectivity index (χ3n) is 4.81. The molecule has 0 aliphatic heterocycles. The highest BCUT2D eigenvalue weighted by Gasteiger charge is 2.20. The third kappa shape index (κ3) is 4.96. The number of nitrogens with zero attached hydrogens (tertiary/aromatic N) is 4. The fraction of sp³-hybridized carbons (Fsp3) is 0.208. The van der Waals surface area contributed by atoms with Crippen molar-refractivity contribution in [2.45, 2.75) is 19.9 Å². The van der Waals surface area contributed by atoms with E-state index in [1.165, 1.54) is 6.08 Å². The molecule has 3 aromatic rings. The molecule has 31 heavy (non-hydrogen) atoms. The van der Waals surface area contributed by atoms with Crippen LogP contribution in [-0.2, 0) is 4.79 Å². The summed E-state index contributed by atoms with van der Waals surface area (Å²) in [6, 6.07) is 19.1. The number of nitrogens with one attached hydrogen (secondary N) is 1. The molecule has 0 spiro atoms. The second kappa shape index (κ2) is 9.50. The van der Waals surface area contributed by atoms with Gasteiger partial charge in [0.2, 0.25) is 5.95 Å². The molecule has 2 aromatic carbocycles. The van der Waals surface area contributed by atoms with Crippen LogP contribution < -0.4 is 10.2 Å². The molecule has 7 heteroatoms. The van der Waals surface area contributed by atoms with E-state index in [4.69, 9.17) is 11.6 Å². The van der Waals surface area contributed by atoms with E-state index in [9.17, 15) is 10.1 Å². The normalized spacial score (nSPS) is 12.2. The van der Waals surface area contributed by atoms with Gasteiger partial charge in [-0.3, -0.25) is 9.36 Å². The molecule has 0 aliphatic carbocycles. The topological polar surface area (TPSA) is 74.0 Å². The number of aromatic nitrogens is 2. The third-order valence-corrected chi connectivity index (χ3v) is 5.18. The van der Waals surface area contributed by atoms with Crippen LogP contribution in [0.4, 0.5) is 5.95 Å². The Labute approximate surface area is 187 Å². The van der Waals surface area contributed by atoms with Gasteiger partial charge in [-0.2, -0.15) is 5.26 Å². The Morgan fingerprint density at radius 1 is 1.19 bits per heavy atom. The lowest BCUT2D eigenvalue weighted by molar-refractivity contribution is -0.117. The quantitative estimate of drug-likeness (QED) is 0.452. The molecule has 1 amide bonds. The van der Waals surface area contributed by atoms with Gasteiger partial charge >= 0.3 is 0 Å². The van der Waals surface area contributed by atoms with Crippen molar-refractivity contribution in [3.05, 3.63) is 82.1 Å². The van der Waals surface area contributed by atoms with Crippen molar-refractivity contribution in [1.29, 1.82) is 5.26 Å². The van der Waals surface area contributed by atoms with E-state index in [0.29, 0.717) is 16.8 Å². The Balaban J connectivity index is 1.95. The van der Waals surface area contributed by atoms with Crippen LogP contribution in [0.1, 0.15) is 29.8 Å². The Kier molecular flexibility index (Phi) is 6.78. The number of carbonyl (C=O) groups excluding carboxylic acids is 1. The van der Waals surface area contributed by atoms with E-state index in [2.05, 4.69) is 10.3 Å². The second-order valence-electron chi connectivity index (χ2n) is 7.43. The van der Waals surface area contributed by atoms with Crippen molar-refractivity contribution < 1.29 is 4.79 Å². The van der Waals surface area contributed by atoms with Crippen molar-refractivity contribution in [3.8, 4) is 11.8 Å². The minimum atomic E-state index is -0.480. The van der Waals surface area contributed by atoms with Crippen molar-refractivity contribution >= 4 is 29.5 Å². The molecule has 1 heterocycles. The standard InChI is InChI=1S/C24H24ClN5O/c1-16-10-12-20(13-11-16)30-22(25)21(28-24(30)29(3)4)14-19(15-26)23(31)27-17(2)18-8-6-5-7-9-18/h5-14,17H,1-4H3,(H,27,31). The highest BCUT2D eigenvalue weighted by atomic mass is 35.5. The van der Waals surface area contributed by atoms with Gasteiger partial charge in [0.25, 0.3) is 5.91 Å². The van der Waals surface area contributed by atoms with E-state index in [1.807, 2.05) is 93.5 Å². The molecular weight excluding hydrogens is 410 g/mol. The molecule has 0 bridgehead atoms. The first-order chi connectivity index (χ1) is 14.8. The highest BCUT2D eigenvalue weighted by Crippen LogP contribution is 2.29. The molecule has 1 unspecified atom stereocenters. The monoisotopic (exact) mass is 433 g/mol. The van der Waals surface area contributed by atoms with Gasteiger partial charge in [-0.1, -0.05) is 59.6 Å². The summed E-state index contributed by atoms with van der Waals surface area (Å²) in [5.41, 5.74) is 3.20. The SMILES string of the molecule is Cc1ccc(-n2c(N(C)C)nc(C=C(C#N)C(=O)NC(C)c3ccccc3)c2Cl)cc1. The smallest absolute Gasteiger partial charge is 0.262 e. The van der Waals surface area contributed by atoms with Crippen molar-refractivity contribution in [3.63, 3.8) is 0 Å². The van der Waals surface area contributed by atoms with Crippen LogP contribution in [0.15, 0.2) is 60.2 Å². The zero-order chi connectivity index (χ0) is 22.5. The maximum atomic E-state index is 12.7. The van der Waals surface area contributed by atoms with Crippen LogP contribution in [0.5, 0.6) is 0 Å². The second-order valence-corrected chi connectivity index (χ2v) is 7.79. The fourth-order valence-electron chi connectivity index (χ4n) is 3.11. The van der Waals surface area contributed by atoms with Gasteiger partial charge < -0.3 is 10.2 Å². The van der Waals surface area contributed by atoms with E-state index in [1.54, 1.807) is 4.57 Å². The Hall–Kier alpha value is -3.56. The Bertz CT molecular complexity index is 1140. The lowest BCUT2D eigenvalue weighted by atomic mass is 10.1. The number of amides is 1. The van der Waals surface area contributed by atoms with E-state index in [0.717, 1.165) is 16.8 Å². The lowest BCUT2D eigenvalue weighted by Crippen LogP contribution is -2.27. The molecular formula is C24H24ClN5O. The molecule has 1 atom stereocenters. The number of hydrogen-bond acceptors (Lipinski definition) is 4. The Morgan fingerprint density at radius 3 is 2.42 bits per heavy atom. The summed E-state index contributed by atoms with van der Waals surface area (Å²) < 4.78 is 1.78. The van der Waals surface area contributed by atoms with Gasteiger partial charge in [-0.05, 0) is 37.6 Å². The zero-order valence-corrected chi connectivity index (χ0v) is 18.7. The predicted molar refractivity (Wildman–Crippen MR) is 124 cm³/mol. The molecule has 0 aliphatic rings. The highest BCUT2D eigenvalue weighted by molar-refractivity contribution is 6.31. The number of anilines is 1. The minimum absolute atomic E-state index is 0.0662. The van der Waals surface area contributed by atoms with Crippen molar-refractivity contribution in [2.75, 3.05) is 19.0 Å². The summed E-state index contributed by atoms with van der Waals surface area (Å²) >= 11 is 6.64. The summed E-state index contributed by atoms with van der Waals surface area (Å²) in [4.78, 5) is 19.1. The van der Waals surface area contributed by atoms with Gasteiger partial charge in [-0.25, -0.2) is 4.98 Å². The molecule has 0 saturated heterocycles. The van der Waals surface area contributed by atoms with Crippen LogP contribution in [-0.4, -0.2) is 29.6 Å². The number of aryl methyl sites for hydroxylation is 1. The fourth-order valence-corrected chi connectivity index (χ4v) is 3.38. The van der Waals surface area contributed by atoms with Gasteiger partial charge in [0.15, 0.2) is 0 Å². The molecule has 3 rings (SSSR count). The van der Waals surface area contributed by atoms with E-state index >= 15 is 0 Å². The number of hydrogen-bond donors (Lipinski definition) is 1. The van der Waals surface area contributed by atoms with E-state index < -0.39 is 5.91 Å². The van der Waals surface area contributed by atoms with Crippen LogP contribution in [0.25, 0.3) is 11.8 Å². The van der Waals surface area contributed by atoms with Gasteiger partial charge in [0, 0.05) is 19.8 Å². The molecule has 158 valence electrons. The molecule has 1 N–H and O–H groups in total. The summed E-state index contributed by atoms with van der Waals surface area (Å²) in [5.74, 6) is 0.113. The molecule has 0 saturated carbocycles. The number of nitriles is 1. The molecule has 6 nitrogen and oxygen atoms in total. The zero-order valence-electron chi connectivity index (χ0n) is 17.9. The summed E-state index contributed by atoms with van der Waals surface area (Å²) in [6.45, 7) is 3.88. The number of halogens is 1. The van der Waals surface area contributed by atoms with Gasteiger partial charge in [0.1, 0.15) is 22.5 Å². The average molecular weight is 434 g/mol. The van der Waals surface area contributed by atoms with Crippen LogP contribution in [0, 0.1) is 18.3 Å². The first-order valence-corrected chi connectivity index (χ1v) is 10.2. The lowest BCUT2D eigenvalue weighted by Gasteiger charge is -2.15. The van der Waals surface area contributed by atoms with Crippen LogP contribution in [0.2, 0.25) is 5.15 Å². The van der Waals surface area contributed by atoms with Gasteiger partial charge in [0.05, 0.1) is 6.04 Å². The first-order valence-electron chi connectivity index (χ1n) is 9.82. The molecule has 0 radical (unpaired) electrons. The first kappa shape index (κ1) is 22.1. The van der Waals surface area contributed by atoms with E-state index in [-0.39, 0.29) is 11.6 Å². The largest absolute Gasteiger partial charge is 0.348 e. The van der Waals surface area contributed by atoms with Crippen molar-refractivity contribution in [2.24, 2.45) is 0 Å². The Morgan fingerprint density at radius 2 is 1.84 bits per heavy atom. The summed E-state index contributed by atoms with van der Waals surface area (Å²) in [5, 5.41) is 12.8. The summed E-state index contributed by atoms with van der Waals surface area (Å²) in [6.07, 6.45) is 1.42. The number of carbonyl (C=O) groups is 1. The number of benzene rings is 2. The molecule has 0 fully saturated rings. The molecule has 1 aromatic heterocycles. The van der Waals surface area contributed by atoms with Gasteiger partial charge in [-0.15, -0.1) is 0 Å². The van der Waals surface area contributed by atoms with Crippen molar-refractivity contribution in [1.82, 2.24) is 14.9 Å². The average Bonchev–Trinajstić information content (AvgIpc) is 3.09. The van der Waals surface area contributed by atoms with Crippen LogP contribution >= 0.6 is 11.6 Å². The maximum absolute atomic E-state index is 12.7.